The summed E-state index contributed by atoms with van der Waals surface area (Å²) in [5.74, 6) is -1.87. The summed E-state index contributed by atoms with van der Waals surface area (Å²) in [7, 11) is 0. The van der Waals surface area contributed by atoms with E-state index >= 15 is 0 Å². The van der Waals surface area contributed by atoms with Crippen molar-refractivity contribution in [3.63, 3.8) is 0 Å². The van der Waals surface area contributed by atoms with Crippen molar-refractivity contribution in [1.29, 1.82) is 0 Å². The van der Waals surface area contributed by atoms with E-state index in [1.165, 1.54) is 0 Å². The van der Waals surface area contributed by atoms with Gasteiger partial charge in [-0.3, -0.25) is 0 Å². The van der Waals surface area contributed by atoms with Crippen LogP contribution in [0.2, 0.25) is 0 Å². The topological polar surface area (TPSA) is 12.0 Å². The minimum absolute atomic E-state index is 0.153. The molecular weight excluding hydrogens is 247 g/mol. The number of benzene rings is 1. The molecule has 1 rings (SSSR count). The summed E-state index contributed by atoms with van der Waals surface area (Å²) in [5.41, 5.74) is 0.153. The van der Waals surface area contributed by atoms with Crippen LogP contribution in [0.5, 0.6) is 0 Å². The Morgan fingerprint density at radius 3 is 2.47 bits per heavy atom. The standard InChI is InChI=1S/C12H16F3NS/c1-8(3-4-17-2)16-7-9-5-11(14)12(15)6-10(9)13/h5-6,8,16H,3-4,7H2,1-2H3. The molecule has 0 fully saturated rings. The summed E-state index contributed by atoms with van der Waals surface area (Å²) in [6.45, 7) is 2.19. The normalized spacial score (nSPS) is 12.8. The van der Waals surface area contributed by atoms with Crippen LogP contribution in [0.3, 0.4) is 0 Å². The summed E-state index contributed by atoms with van der Waals surface area (Å²) in [4.78, 5) is 0. The highest BCUT2D eigenvalue weighted by molar-refractivity contribution is 7.98. The third kappa shape index (κ3) is 4.60. The lowest BCUT2D eigenvalue weighted by atomic mass is 10.1. The molecule has 0 aromatic heterocycles. The van der Waals surface area contributed by atoms with Gasteiger partial charge in [0.15, 0.2) is 11.6 Å². The molecule has 1 aromatic carbocycles. The van der Waals surface area contributed by atoms with Crippen LogP contribution in [0.15, 0.2) is 12.1 Å². The van der Waals surface area contributed by atoms with E-state index in [0.29, 0.717) is 6.07 Å². The van der Waals surface area contributed by atoms with Gasteiger partial charge in [-0.15, -0.1) is 0 Å². The molecule has 1 unspecified atom stereocenters. The summed E-state index contributed by atoms with van der Waals surface area (Å²) in [6, 6.07) is 1.70. The first-order chi connectivity index (χ1) is 8.04. The molecule has 0 saturated carbocycles. The van der Waals surface area contributed by atoms with Gasteiger partial charge in [0, 0.05) is 24.2 Å². The van der Waals surface area contributed by atoms with Crippen LogP contribution < -0.4 is 5.32 Å². The number of rotatable bonds is 6. The van der Waals surface area contributed by atoms with E-state index in [2.05, 4.69) is 5.32 Å². The lowest BCUT2D eigenvalue weighted by Crippen LogP contribution is -2.26. The third-order valence-electron chi connectivity index (χ3n) is 2.49. The second kappa shape index (κ2) is 6.91. The van der Waals surface area contributed by atoms with Crippen LogP contribution in [-0.4, -0.2) is 18.1 Å². The fraction of sp³-hybridized carbons (Fsp3) is 0.500. The molecule has 0 spiro atoms. The zero-order valence-electron chi connectivity index (χ0n) is 9.90. The molecule has 0 aliphatic heterocycles. The average Bonchev–Trinajstić information content (AvgIpc) is 2.29. The molecular formula is C12H16F3NS. The second-order valence-corrected chi connectivity index (χ2v) is 4.91. The number of hydrogen-bond donors (Lipinski definition) is 1. The molecule has 0 aliphatic rings. The second-order valence-electron chi connectivity index (χ2n) is 3.92. The van der Waals surface area contributed by atoms with Gasteiger partial charge in [-0.2, -0.15) is 11.8 Å². The van der Waals surface area contributed by atoms with Gasteiger partial charge in [0.2, 0.25) is 0 Å². The van der Waals surface area contributed by atoms with E-state index < -0.39 is 17.5 Å². The minimum atomic E-state index is -1.15. The van der Waals surface area contributed by atoms with Crippen molar-refractivity contribution in [2.24, 2.45) is 0 Å². The van der Waals surface area contributed by atoms with Crippen LogP contribution in [-0.2, 0) is 6.54 Å². The van der Waals surface area contributed by atoms with Crippen molar-refractivity contribution in [1.82, 2.24) is 5.32 Å². The van der Waals surface area contributed by atoms with E-state index in [9.17, 15) is 13.2 Å². The van der Waals surface area contributed by atoms with Gasteiger partial charge in [0.05, 0.1) is 0 Å². The highest BCUT2D eigenvalue weighted by atomic mass is 32.2. The molecule has 0 aliphatic carbocycles. The summed E-state index contributed by atoms with van der Waals surface area (Å²) >= 11 is 1.74. The Morgan fingerprint density at radius 1 is 1.18 bits per heavy atom. The molecule has 96 valence electrons. The van der Waals surface area contributed by atoms with Gasteiger partial charge < -0.3 is 5.32 Å². The molecule has 1 N–H and O–H groups in total. The molecule has 0 heterocycles. The monoisotopic (exact) mass is 263 g/mol. The van der Waals surface area contributed by atoms with Crippen molar-refractivity contribution < 1.29 is 13.2 Å². The third-order valence-corrected chi connectivity index (χ3v) is 3.13. The number of nitrogens with one attached hydrogen (secondary N) is 1. The fourth-order valence-corrected chi connectivity index (χ4v) is 1.97. The molecule has 17 heavy (non-hydrogen) atoms. The summed E-state index contributed by atoms with van der Waals surface area (Å²) in [6.07, 6.45) is 2.97. The number of halogens is 3. The van der Waals surface area contributed by atoms with E-state index in [1.807, 2.05) is 13.2 Å². The van der Waals surface area contributed by atoms with E-state index in [-0.39, 0.29) is 18.2 Å². The van der Waals surface area contributed by atoms with Crippen LogP contribution >= 0.6 is 11.8 Å². The van der Waals surface area contributed by atoms with Crippen LogP contribution in [0.1, 0.15) is 18.9 Å². The Hall–Kier alpha value is -0.680. The summed E-state index contributed by atoms with van der Waals surface area (Å²) < 4.78 is 38.9. The Labute approximate surface area is 104 Å². The maximum Gasteiger partial charge on any atom is 0.161 e. The SMILES string of the molecule is CSCCC(C)NCc1cc(F)c(F)cc1F. The van der Waals surface area contributed by atoms with Gasteiger partial charge >= 0.3 is 0 Å². The van der Waals surface area contributed by atoms with Gasteiger partial charge in [0.25, 0.3) is 0 Å². The molecule has 1 aromatic rings. The fourth-order valence-electron chi connectivity index (χ4n) is 1.38. The lowest BCUT2D eigenvalue weighted by molar-refractivity contribution is 0.478. The molecule has 5 heteroatoms. The predicted molar refractivity (Wildman–Crippen MR) is 65.6 cm³/mol. The lowest BCUT2D eigenvalue weighted by Gasteiger charge is -2.13. The van der Waals surface area contributed by atoms with Crippen molar-refractivity contribution in [3.05, 3.63) is 35.1 Å². The van der Waals surface area contributed by atoms with Crippen molar-refractivity contribution in [3.8, 4) is 0 Å². The first kappa shape index (κ1) is 14.4. The van der Waals surface area contributed by atoms with Gasteiger partial charge in [-0.25, -0.2) is 13.2 Å². The Morgan fingerprint density at radius 2 is 1.82 bits per heavy atom. The van der Waals surface area contributed by atoms with E-state index in [4.69, 9.17) is 0 Å². The number of hydrogen-bond acceptors (Lipinski definition) is 2. The molecule has 0 saturated heterocycles. The summed E-state index contributed by atoms with van der Waals surface area (Å²) in [5, 5.41) is 3.08. The quantitative estimate of drug-likeness (QED) is 0.790. The first-order valence-corrected chi connectivity index (χ1v) is 6.79. The minimum Gasteiger partial charge on any atom is -0.310 e. The average molecular weight is 263 g/mol. The Kier molecular flexibility index (Phi) is 5.85. The zero-order chi connectivity index (χ0) is 12.8. The van der Waals surface area contributed by atoms with Gasteiger partial charge in [-0.05, 0) is 31.4 Å². The van der Waals surface area contributed by atoms with Crippen molar-refractivity contribution in [2.75, 3.05) is 12.0 Å². The van der Waals surface area contributed by atoms with Gasteiger partial charge in [0.1, 0.15) is 5.82 Å². The van der Waals surface area contributed by atoms with Crippen LogP contribution in [0, 0.1) is 17.5 Å². The smallest absolute Gasteiger partial charge is 0.161 e. The van der Waals surface area contributed by atoms with E-state index in [1.54, 1.807) is 11.8 Å². The maximum absolute atomic E-state index is 13.3. The highest BCUT2D eigenvalue weighted by Crippen LogP contribution is 2.13. The first-order valence-electron chi connectivity index (χ1n) is 5.40. The Balaban J connectivity index is 2.54. The molecule has 1 nitrogen and oxygen atoms in total. The highest BCUT2D eigenvalue weighted by Gasteiger charge is 2.10. The van der Waals surface area contributed by atoms with Crippen LogP contribution in [0.25, 0.3) is 0 Å². The molecule has 0 radical (unpaired) electrons. The van der Waals surface area contributed by atoms with E-state index in [0.717, 1.165) is 18.2 Å². The Bertz CT molecular complexity index is 371. The van der Waals surface area contributed by atoms with Crippen molar-refractivity contribution >= 4 is 11.8 Å². The molecule has 1 atom stereocenters. The van der Waals surface area contributed by atoms with Gasteiger partial charge in [-0.1, -0.05) is 0 Å². The molecule has 0 bridgehead atoms. The zero-order valence-corrected chi connectivity index (χ0v) is 10.7. The maximum atomic E-state index is 13.3. The largest absolute Gasteiger partial charge is 0.310 e. The predicted octanol–water partition coefficient (Wildman–Crippen LogP) is 3.34. The van der Waals surface area contributed by atoms with Crippen LogP contribution in [0.4, 0.5) is 13.2 Å². The van der Waals surface area contributed by atoms with Crippen molar-refractivity contribution in [2.45, 2.75) is 25.9 Å². The number of thioether (sulfide) groups is 1. The molecule has 0 amide bonds.